The number of halogens is 1. The van der Waals surface area contributed by atoms with Crippen molar-refractivity contribution in [2.45, 2.75) is 52.1 Å². The maximum absolute atomic E-state index is 12.6. The molecule has 29 heavy (non-hydrogen) atoms. The van der Waals surface area contributed by atoms with Gasteiger partial charge in [-0.1, -0.05) is 12.8 Å². The highest BCUT2D eigenvalue weighted by Crippen LogP contribution is 2.11. The molecule has 168 valence electrons. The molecule has 0 aromatic rings. The molecule has 0 aliphatic carbocycles. The summed E-state index contributed by atoms with van der Waals surface area (Å²) in [5.41, 5.74) is -0.492. The first-order chi connectivity index (χ1) is 13.3. The highest BCUT2D eigenvalue weighted by Gasteiger charge is 2.24. The molecule has 8 nitrogen and oxygen atoms in total. The van der Waals surface area contributed by atoms with Gasteiger partial charge in [0.2, 0.25) is 5.91 Å². The Hall–Kier alpha value is -1.10. The van der Waals surface area contributed by atoms with Gasteiger partial charge in [-0.25, -0.2) is 0 Å². The van der Waals surface area contributed by atoms with Gasteiger partial charge in [-0.2, -0.15) is 0 Å². The number of carbonyl (C=O) groups is 2. The molecular weight excluding hydrogens is 485 g/mol. The number of guanidine groups is 1. The fourth-order valence-corrected chi connectivity index (χ4v) is 3.59. The van der Waals surface area contributed by atoms with E-state index in [4.69, 9.17) is 4.74 Å². The van der Waals surface area contributed by atoms with E-state index in [1.165, 1.54) is 12.8 Å². The van der Waals surface area contributed by atoms with E-state index in [1.807, 2.05) is 25.7 Å². The Morgan fingerprint density at radius 1 is 0.931 bits per heavy atom. The van der Waals surface area contributed by atoms with Crippen LogP contribution in [0.25, 0.3) is 0 Å². The number of hydrogen-bond donors (Lipinski definition) is 1. The zero-order valence-corrected chi connectivity index (χ0v) is 20.7. The first kappa shape index (κ1) is 25.9. The summed E-state index contributed by atoms with van der Waals surface area (Å²) >= 11 is 0. The second kappa shape index (κ2) is 12.6. The van der Waals surface area contributed by atoms with Crippen molar-refractivity contribution in [2.24, 2.45) is 4.99 Å². The number of rotatable bonds is 4. The summed E-state index contributed by atoms with van der Waals surface area (Å²) in [6, 6.07) is 0. The molecule has 1 N–H and O–H groups in total. The van der Waals surface area contributed by atoms with Crippen LogP contribution in [0.2, 0.25) is 0 Å². The first-order valence-corrected chi connectivity index (χ1v) is 10.5. The second-order valence-corrected chi connectivity index (χ2v) is 8.55. The van der Waals surface area contributed by atoms with Gasteiger partial charge >= 0.3 is 5.97 Å². The average Bonchev–Trinajstić information content (AvgIpc) is 2.91. The number of aliphatic imine (C=N–C) groups is 1. The fraction of sp³-hybridized carbons (Fsp3) is 0.850. The van der Waals surface area contributed by atoms with Crippen LogP contribution in [-0.4, -0.2) is 97.5 Å². The lowest BCUT2D eigenvalue weighted by Crippen LogP contribution is -2.54. The predicted molar refractivity (Wildman–Crippen MR) is 126 cm³/mol. The van der Waals surface area contributed by atoms with Crippen LogP contribution in [0.15, 0.2) is 4.99 Å². The van der Waals surface area contributed by atoms with Gasteiger partial charge in [0.05, 0.1) is 6.54 Å². The van der Waals surface area contributed by atoms with Crippen molar-refractivity contribution in [3.63, 3.8) is 0 Å². The Bertz CT molecular complexity index is 549. The van der Waals surface area contributed by atoms with E-state index in [-0.39, 0.29) is 42.4 Å². The van der Waals surface area contributed by atoms with Crippen LogP contribution in [0.4, 0.5) is 0 Å². The fourth-order valence-electron chi connectivity index (χ4n) is 3.59. The Labute approximate surface area is 192 Å². The van der Waals surface area contributed by atoms with Gasteiger partial charge < -0.3 is 19.9 Å². The monoisotopic (exact) mass is 523 g/mol. The lowest BCUT2D eigenvalue weighted by Gasteiger charge is -2.36. The highest BCUT2D eigenvalue weighted by atomic mass is 127. The lowest BCUT2D eigenvalue weighted by atomic mass is 10.2. The smallest absolute Gasteiger partial charge is 0.325 e. The molecular formula is C20H38IN5O3. The van der Waals surface area contributed by atoms with Gasteiger partial charge in [0.25, 0.3) is 0 Å². The summed E-state index contributed by atoms with van der Waals surface area (Å²) in [5, 5.41) is 3.08. The van der Waals surface area contributed by atoms with E-state index in [2.05, 4.69) is 20.1 Å². The van der Waals surface area contributed by atoms with E-state index in [1.54, 1.807) is 7.05 Å². The standard InChI is InChI=1S/C20H37N5O3.HI/c1-20(2,3)28-18(27)15-22-19(21-4)25-13-11-23(12-14-25)16-17(26)24-9-7-5-6-8-10-24;/h5-16H2,1-4H3,(H,21,22);1H. The molecule has 0 saturated carbocycles. The van der Waals surface area contributed by atoms with Crippen molar-refractivity contribution in [3.05, 3.63) is 0 Å². The van der Waals surface area contributed by atoms with Gasteiger partial charge in [0.15, 0.2) is 5.96 Å². The minimum Gasteiger partial charge on any atom is -0.459 e. The van der Waals surface area contributed by atoms with Crippen LogP contribution in [0, 0.1) is 0 Å². The number of nitrogens with zero attached hydrogens (tertiary/aromatic N) is 4. The maximum Gasteiger partial charge on any atom is 0.325 e. The normalized spacial score (nSPS) is 19.2. The molecule has 0 aromatic carbocycles. The van der Waals surface area contributed by atoms with Crippen LogP contribution in [-0.2, 0) is 14.3 Å². The molecule has 2 aliphatic heterocycles. The molecule has 1 amide bonds. The van der Waals surface area contributed by atoms with Gasteiger partial charge in [-0.05, 0) is 33.6 Å². The highest BCUT2D eigenvalue weighted by molar-refractivity contribution is 14.0. The number of carbonyl (C=O) groups excluding carboxylic acids is 2. The summed E-state index contributed by atoms with van der Waals surface area (Å²) in [6.45, 7) is 11.1. The van der Waals surface area contributed by atoms with E-state index in [0.717, 1.165) is 52.1 Å². The van der Waals surface area contributed by atoms with E-state index < -0.39 is 5.60 Å². The number of hydrogen-bond acceptors (Lipinski definition) is 5. The van der Waals surface area contributed by atoms with Crippen LogP contribution in [0.5, 0.6) is 0 Å². The summed E-state index contributed by atoms with van der Waals surface area (Å²) in [6.07, 6.45) is 4.72. The van der Waals surface area contributed by atoms with Gasteiger partial charge in [-0.15, -0.1) is 24.0 Å². The van der Waals surface area contributed by atoms with Crippen LogP contribution in [0.3, 0.4) is 0 Å². The molecule has 0 atom stereocenters. The second-order valence-electron chi connectivity index (χ2n) is 8.55. The summed E-state index contributed by atoms with van der Waals surface area (Å²) < 4.78 is 5.32. The topological polar surface area (TPSA) is 77.5 Å². The van der Waals surface area contributed by atoms with E-state index >= 15 is 0 Å². The average molecular weight is 523 g/mol. The van der Waals surface area contributed by atoms with Crippen molar-refractivity contribution in [1.82, 2.24) is 20.0 Å². The van der Waals surface area contributed by atoms with Gasteiger partial charge in [0.1, 0.15) is 12.1 Å². The van der Waals surface area contributed by atoms with Gasteiger partial charge in [-0.3, -0.25) is 19.5 Å². The van der Waals surface area contributed by atoms with Crippen LogP contribution >= 0.6 is 24.0 Å². The quantitative estimate of drug-likeness (QED) is 0.261. The van der Waals surface area contributed by atoms with Crippen molar-refractivity contribution in [1.29, 1.82) is 0 Å². The maximum atomic E-state index is 12.6. The third-order valence-corrected chi connectivity index (χ3v) is 5.01. The molecule has 2 saturated heterocycles. The molecule has 0 radical (unpaired) electrons. The SMILES string of the molecule is CN=C(NCC(=O)OC(C)(C)C)N1CCN(CC(=O)N2CCCCCC2)CC1.I. The molecule has 0 bridgehead atoms. The lowest BCUT2D eigenvalue weighted by molar-refractivity contribution is -0.153. The largest absolute Gasteiger partial charge is 0.459 e. The molecule has 0 spiro atoms. The number of nitrogens with one attached hydrogen (secondary N) is 1. The van der Waals surface area contributed by atoms with Crippen molar-refractivity contribution in [3.8, 4) is 0 Å². The molecule has 0 aromatic heterocycles. The van der Waals surface area contributed by atoms with E-state index in [9.17, 15) is 9.59 Å². The van der Waals surface area contributed by atoms with Crippen LogP contribution in [0.1, 0.15) is 46.5 Å². The molecule has 2 rings (SSSR count). The summed E-state index contributed by atoms with van der Waals surface area (Å²) in [5.74, 6) is 0.655. The number of piperazine rings is 1. The van der Waals surface area contributed by atoms with Crippen molar-refractivity contribution < 1.29 is 14.3 Å². The minimum absolute atomic E-state index is 0. The Morgan fingerprint density at radius 3 is 2.03 bits per heavy atom. The van der Waals surface area contributed by atoms with Gasteiger partial charge in [0, 0.05) is 46.3 Å². The number of likely N-dealkylation sites (tertiary alicyclic amines) is 1. The predicted octanol–water partition coefficient (Wildman–Crippen LogP) is 1.54. The number of amides is 1. The molecule has 0 unspecified atom stereocenters. The van der Waals surface area contributed by atoms with Crippen molar-refractivity contribution in [2.75, 3.05) is 59.4 Å². The van der Waals surface area contributed by atoms with E-state index in [0.29, 0.717) is 12.5 Å². The molecule has 2 aliphatic rings. The summed E-state index contributed by atoms with van der Waals surface area (Å²) in [4.78, 5) is 35.1. The van der Waals surface area contributed by atoms with Crippen molar-refractivity contribution >= 4 is 41.8 Å². The van der Waals surface area contributed by atoms with Crippen LogP contribution < -0.4 is 5.32 Å². The number of ether oxygens (including phenoxy) is 1. The Morgan fingerprint density at radius 2 is 1.52 bits per heavy atom. The minimum atomic E-state index is -0.492. The molecule has 2 heterocycles. The number of esters is 1. The zero-order valence-electron chi connectivity index (χ0n) is 18.4. The Balaban J connectivity index is 0.00000420. The molecule has 2 fully saturated rings. The zero-order chi connectivity index (χ0) is 20.6. The Kier molecular flexibility index (Phi) is 11.2. The molecule has 9 heteroatoms. The first-order valence-electron chi connectivity index (χ1n) is 10.5. The third kappa shape index (κ3) is 9.50. The third-order valence-electron chi connectivity index (χ3n) is 5.01. The summed E-state index contributed by atoms with van der Waals surface area (Å²) in [7, 11) is 1.71.